The molecular formula is C17H17FN2O3. The summed E-state index contributed by atoms with van der Waals surface area (Å²) in [6.45, 7) is 1.74. The summed E-state index contributed by atoms with van der Waals surface area (Å²) in [4.78, 5) is 12.0. The second-order valence-electron chi connectivity index (χ2n) is 4.71. The fourth-order valence-corrected chi connectivity index (χ4v) is 1.96. The van der Waals surface area contributed by atoms with E-state index >= 15 is 0 Å². The molecule has 0 heterocycles. The summed E-state index contributed by atoms with van der Waals surface area (Å²) < 4.78 is 23.3. The van der Waals surface area contributed by atoms with Gasteiger partial charge in [0, 0.05) is 11.1 Å². The molecule has 120 valence electrons. The van der Waals surface area contributed by atoms with Crippen molar-refractivity contribution in [2.75, 3.05) is 14.2 Å². The second kappa shape index (κ2) is 7.40. The Hall–Kier alpha value is -2.89. The molecule has 2 aromatic rings. The smallest absolute Gasteiger partial charge is 0.271 e. The predicted molar refractivity (Wildman–Crippen MR) is 85.6 cm³/mol. The maximum Gasteiger partial charge on any atom is 0.271 e. The van der Waals surface area contributed by atoms with Gasteiger partial charge in [-0.05, 0) is 49.4 Å². The SMILES string of the molecule is COc1ccc(OC)c(/C(C)=N\NC(=O)c2ccc(F)cc2)c1. The van der Waals surface area contributed by atoms with Crippen LogP contribution in [0.4, 0.5) is 4.39 Å². The van der Waals surface area contributed by atoms with Crippen molar-refractivity contribution in [2.45, 2.75) is 6.92 Å². The van der Waals surface area contributed by atoms with Crippen molar-refractivity contribution in [3.8, 4) is 11.5 Å². The highest BCUT2D eigenvalue weighted by Crippen LogP contribution is 2.24. The zero-order chi connectivity index (χ0) is 16.8. The van der Waals surface area contributed by atoms with Gasteiger partial charge in [0.05, 0.1) is 19.9 Å². The molecule has 0 bridgehead atoms. The summed E-state index contributed by atoms with van der Waals surface area (Å²) in [5, 5.41) is 4.06. The summed E-state index contributed by atoms with van der Waals surface area (Å²) in [6.07, 6.45) is 0. The van der Waals surface area contributed by atoms with Crippen LogP contribution < -0.4 is 14.9 Å². The maximum atomic E-state index is 12.9. The Morgan fingerprint density at radius 2 is 1.78 bits per heavy atom. The van der Waals surface area contributed by atoms with Gasteiger partial charge in [-0.2, -0.15) is 5.10 Å². The average molecular weight is 316 g/mol. The van der Waals surface area contributed by atoms with Crippen molar-refractivity contribution < 1.29 is 18.7 Å². The molecule has 0 spiro atoms. The molecule has 0 aliphatic carbocycles. The normalized spacial score (nSPS) is 11.0. The van der Waals surface area contributed by atoms with Crippen LogP contribution in [0.2, 0.25) is 0 Å². The molecule has 6 heteroatoms. The van der Waals surface area contributed by atoms with Gasteiger partial charge in [0.1, 0.15) is 17.3 Å². The number of hydrazone groups is 1. The van der Waals surface area contributed by atoms with E-state index < -0.39 is 11.7 Å². The largest absolute Gasteiger partial charge is 0.497 e. The van der Waals surface area contributed by atoms with Crippen molar-refractivity contribution in [1.82, 2.24) is 5.43 Å². The lowest BCUT2D eigenvalue weighted by Crippen LogP contribution is -2.19. The first-order valence-electron chi connectivity index (χ1n) is 6.87. The molecule has 1 amide bonds. The molecule has 2 rings (SSSR count). The van der Waals surface area contributed by atoms with Gasteiger partial charge in [-0.15, -0.1) is 0 Å². The minimum atomic E-state index is -0.425. The van der Waals surface area contributed by atoms with Gasteiger partial charge in [0.15, 0.2) is 0 Å². The number of nitrogens with zero attached hydrogens (tertiary/aromatic N) is 1. The monoisotopic (exact) mass is 316 g/mol. The minimum Gasteiger partial charge on any atom is -0.497 e. The van der Waals surface area contributed by atoms with E-state index in [1.165, 1.54) is 24.3 Å². The van der Waals surface area contributed by atoms with Gasteiger partial charge in [-0.25, -0.2) is 9.82 Å². The Morgan fingerprint density at radius 1 is 1.09 bits per heavy atom. The molecule has 0 aliphatic rings. The van der Waals surface area contributed by atoms with Crippen molar-refractivity contribution in [3.05, 3.63) is 59.4 Å². The summed E-state index contributed by atoms with van der Waals surface area (Å²) in [5.74, 6) is 0.442. The number of nitrogens with one attached hydrogen (secondary N) is 1. The van der Waals surface area contributed by atoms with Crippen LogP contribution in [0.3, 0.4) is 0 Å². The van der Waals surface area contributed by atoms with Crippen LogP contribution in [0.1, 0.15) is 22.8 Å². The molecule has 5 nitrogen and oxygen atoms in total. The van der Waals surface area contributed by atoms with Gasteiger partial charge in [0.25, 0.3) is 5.91 Å². The van der Waals surface area contributed by atoms with Crippen molar-refractivity contribution in [2.24, 2.45) is 5.10 Å². The Morgan fingerprint density at radius 3 is 2.39 bits per heavy atom. The van der Waals surface area contributed by atoms with Gasteiger partial charge < -0.3 is 9.47 Å². The lowest BCUT2D eigenvalue weighted by atomic mass is 10.1. The highest BCUT2D eigenvalue weighted by molar-refractivity contribution is 6.03. The van der Waals surface area contributed by atoms with Gasteiger partial charge >= 0.3 is 0 Å². The first kappa shape index (κ1) is 16.5. The minimum absolute atomic E-state index is 0.320. The summed E-state index contributed by atoms with van der Waals surface area (Å²) in [5.41, 5.74) is 4.01. The zero-order valence-corrected chi connectivity index (χ0v) is 13.1. The molecule has 0 radical (unpaired) electrons. The highest BCUT2D eigenvalue weighted by Gasteiger charge is 2.10. The molecule has 0 saturated carbocycles. The van der Waals surface area contributed by atoms with Crippen LogP contribution in [-0.2, 0) is 0 Å². The third-order valence-electron chi connectivity index (χ3n) is 3.23. The standard InChI is InChI=1S/C17H17FN2O3/c1-11(15-10-14(22-2)8-9-16(15)23-3)19-20-17(21)12-4-6-13(18)7-5-12/h4-10H,1-3H3,(H,20,21)/b19-11-. The first-order valence-corrected chi connectivity index (χ1v) is 6.87. The van der Waals surface area contributed by atoms with Crippen LogP contribution in [0.25, 0.3) is 0 Å². The molecule has 0 aromatic heterocycles. The number of amides is 1. The fourth-order valence-electron chi connectivity index (χ4n) is 1.96. The Bertz CT molecular complexity index is 727. The number of methoxy groups -OCH3 is 2. The number of hydrogen-bond acceptors (Lipinski definition) is 4. The summed E-state index contributed by atoms with van der Waals surface area (Å²) >= 11 is 0. The maximum absolute atomic E-state index is 12.9. The number of rotatable bonds is 5. The third-order valence-corrected chi connectivity index (χ3v) is 3.23. The molecule has 0 saturated heterocycles. The number of hydrogen-bond donors (Lipinski definition) is 1. The van der Waals surface area contributed by atoms with Gasteiger partial charge in [-0.1, -0.05) is 0 Å². The number of halogens is 1. The molecule has 1 N–H and O–H groups in total. The van der Waals surface area contributed by atoms with E-state index in [0.29, 0.717) is 28.3 Å². The van der Waals surface area contributed by atoms with Gasteiger partial charge in [-0.3, -0.25) is 4.79 Å². The first-order chi connectivity index (χ1) is 11.0. The van der Waals surface area contributed by atoms with E-state index in [1.807, 2.05) is 0 Å². The van der Waals surface area contributed by atoms with Crippen LogP contribution in [0, 0.1) is 5.82 Å². The van der Waals surface area contributed by atoms with E-state index in [1.54, 1.807) is 39.3 Å². The third kappa shape index (κ3) is 4.06. The zero-order valence-electron chi connectivity index (χ0n) is 13.1. The summed E-state index contributed by atoms with van der Waals surface area (Å²) in [7, 11) is 3.12. The fraction of sp³-hybridized carbons (Fsp3) is 0.176. The summed E-state index contributed by atoms with van der Waals surface area (Å²) in [6, 6.07) is 10.5. The second-order valence-corrected chi connectivity index (χ2v) is 4.71. The molecule has 0 unspecified atom stereocenters. The van der Waals surface area contributed by atoms with Crippen LogP contribution in [0.5, 0.6) is 11.5 Å². The van der Waals surface area contributed by atoms with Crippen molar-refractivity contribution >= 4 is 11.6 Å². The van der Waals surface area contributed by atoms with Gasteiger partial charge in [0.2, 0.25) is 0 Å². The van der Waals surface area contributed by atoms with E-state index in [9.17, 15) is 9.18 Å². The van der Waals surface area contributed by atoms with E-state index in [-0.39, 0.29) is 0 Å². The lowest BCUT2D eigenvalue weighted by molar-refractivity contribution is 0.0955. The Kier molecular flexibility index (Phi) is 5.30. The van der Waals surface area contributed by atoms with Crippen LogP contribution in [0.15, 0.2) is 47.6 Å². The quantitative estimate of drug-likeness (QED) is 0.681. The Labute approximate surface area is 133 Å². The number of ether oxygens (including phenoxy) is 2. The molecular weight excluding hydrogens is 299 g/mol. The molecule has 0 fully saturated rings. The predicted octanol–water partition coefficient (Wildman–Crippen LogP) is 3.00. The number of benzene rings is 2. The lowest BCUT2D eigenvalue weighted by Gasteiger charge is -2.10. The van der Waals surface area contributed by atoms with Crippen molar-refractivity contribution in [1.29, 1.82) is 0 Å². The van der Waals surface area contributed by atoms with Crippen LogP contribution in [-0.4, -0.2) is 25.8 Å². The Balaban J connectivity index is 2.19. The molecule has 0 atom stereocenters. The molecule has 0 aliphatic heterocycles. The highest BCUT2D eigenvalue weighted by atomic mass is 19.1. The van der Waals surface area contributed by atoms with Crippen molar-refractivity contribution in [3.63, 3.8) is 0 Å². The van der Waals surface area contributed by atoms with Crippen LogP contribution >= 0.6 is 0 Å². The van der Waals surface area contributed by atoms with E-state index in [4.69, 9.17) is 9.47 Å². The van der Waals surface area contributed by atoms with E-state index in [0.717, 1.165) is 0 Å². The van der Waals surface area contributed by atoms with E-state index in [2.05, 4.69) is 10.5 Å². The topological polar surface area (TPSA) is 59.9 Å². The number of carbonyl (C=O) groups excluding carboxylic acids is 1. The molecule has 23 heavy (non-hydrogen) atoms. The average Bonchev–Trinajstić information content (AvgIpc) is 2.59. The number of carbonyl (C=O) groups is 1. The molecule has 2 aromatic carbocycles.